The molecule has 0 aromatic heterocycles. The van der Waals surface area contributed by atoms with Crippen molar-refractivity contribution in [2.75, 3.05) is 6.54 Å². The van der Waals surface area contributed by atoms with Crippen LogP contribution >= 0.6 is 0 Å². The highest BCUT2D eigenvalue weighted by Crippen LogP contribution is 2.30. The van der Waals surface area contributed by atoms with E-state index in [0.717, 1.165) is 18.4 Å². The summed E-state index contributed by atoms with van der Waals surface area (Å²) in [5.41, 5.74) is 5.69. The Bertz CT molecular complexity index is 497. The molecule has 0 heterocycles. The standard InChI is InChI=1S/C19H30N2O2/c1-4-5-6-10-13-21-17(22)16(19(2,3)18(20)23)14-15-11-8-7-9-12-15/h7-9,11-12,16H,4-6,10,13-14H2,1-3H3,(H2,20,23)(H,21,22). The van der Waals surface area contributed by atoms with Gasteiger partial charge in [-0.3, -0.25) is 9.59 Å². The van der Waals surface area contributed by atoms with E-state index in [-0.39, 0.29) is 5.91 Å². The number of benzene rings is 1. The molecule has 0 saturated heterocycles. The zero-order chi connectivity index (χ0) is 17.3. The first-order valence-electron chi connectivity index (χ1n) is 8.51. The third-order valence-electron chi connectivity index (χ3n) is 4.43. The number of amides is 2. The number of nitrogens with two attached hydrogens (primary N) is 1. The molecule has 4 nitrogen and oxygen atoms in total. The van der Waals surface area contributed by atoms with E-state index in [4.69, 9.17) is 5.73 Å². The van der Waals surface area contributed by atoms with Crippen LogP contribution in [0, 0.1) is 11.3 Å². The predicted molar refractivity (Wildman–Crippen MR) is 93.8 cm³/mol. The molecule has 1 rings (SSSR count). The molecular weight excluding hydrogens is 288 g/mol. The van der Waals surface area contributed by atoms with Crippen molar-refractivity contribution in [3.8, 4) is 0 Å². The molecule has 4 heteroatoms. The summed E-state index contributed by atoms with van der Waals surface area (Å²) in [4.78, 5) is 24.4. The van der Waals surface area contributed by atoms with Crippen LogP contribution in [-0.4, -0.2) is 18.4 Å². The maximum atomic E-state index is 12.6. The molecule has 0 bridgehead atoms. The average Bonchev–Trinajstić information content (AvgIpc) is 2.53. The first kappa shape index (κ1) is 19.2. The minimum Gasteiger partial charge on any atom is -0.369 e. The lowest BCUT2D eigenvalue weighted by Crippen LogP contribution is -2.47. The lowest BCUT2D eigenvalue weighted by molar-refractivity contribution is -0.138. The number of unbranched alkanes of at least 4 members (excludes halogenated alkanes) is 3. The topological polar surface area (TPSA) is 72.2 Å². The van der Waals surface area contributed by atoms with Crippen molar-refractivity contribution < 1.29 is 9.59 Å². The highest BCUT2D eigenvalue weighted by Gasteiger charge is 2.39. The largest absolute Gasteiger partial charge is 0.369 e. The van der Waals surface area contributed by atoms with E-state index in [2.05, 4.69) is 12.2 Å². The summed E-state index contributed by atoms with van der Waals surface area (Å²) >= 11 is 0. The highest BCUT2D eigenvalue weighted by atomic mass is 16.2. The van der Waals surface area contributed by atoms with E-state index in [1.165, 1.54) is 12.8 Å². The van der Waals surface area contributed by atoms with Crippen molar-refractivity contribution >= 4 is 11.8 Å². The van der Waals surface area contributed by atoms with Gasteiger partial charge in [-0.1, -0.05) is 70.4 Å². The molecule has 1 aromatic rings. The molecule has 0 aliphatic carbocycles. The molecule has 0 aliphatic rings. The van der Waals surface area contributed by atoms with Gasteiger partial charge in [0.25, 0.3) is 0 Å². The second-order valence-corrected chi connectivity index (χ2v) is 6.68. The normalized spacial score (nSPS) is 12.7. The third-order valence-corrected chi connectivity index (χ3v) is 4.43. The SMILES string of the molecule is CCCCCCNC(=O)C(Cc1ccccc1)C(C)(C)C(N)=O. The molecule has 1 unspecified atom stereocenters. The van der Waals surface area contributed by atoms with Gasteiger partial charge < -0.3 is 11.1 Å². The summed E-state index contributed by atoms with van der Waals surface area (Å²) in [6.07, 6.45) is 4.93. The van der Waals surface area contributed by atoms with Crippen LogP contribution in [0.4, 0.5) is 0 Å². The Morgan fingerprint density at radius 3 is 2.35 bits per heavy atom. The first-order chi connectivity index (χ1) is 10.9. The molecule has 23 heavy (non-hydrogen) atoms. The Morgan fingerprint density at radius 2 is 1.78 bits per heavy atom. The van der Waals surface area contributed by atoms with Crippen molar-refractivity contribution in [2.45, 2.75) is 52.9 Å². The zero-order valence-electron chi connectivity index (χ0n) is 14.6. The molecule has 0 aliphatic heterocycles. The van der Waals surface area contributed by atoms with Crippen LogP contribution in [0.2, 0.25) is 0 Å². The smallest absolute Gasteiger partial charge is 0.224 e. The van der Waals surface area contributed by atoms with Crippen molar-refractivity contribution in [1.29, 1.82) is 0 Å². The lowest BCUT2D eigenvalue weighted by atomic mass is 9.74. The molecular formula is C19H30N2O2. The van der Waals surface area contributed by atoms with Gasteiger partial charge in [-0.05, 0) is 18.4 Å². The van der Waals surface area contributed by atoms with Crippen LogP contribution in [-0.2, 0) is 16.0 Å². The quantitative estimate of drug-likeness (QED) is 0.651. The Balaban J connectivity index is 2.75. The van der Waals surface area contributed by atoms with Crippen LogP contribution in [0.25, 0.3) is 0 Å². The van der Waals surface area contributed by atoms with E-state index in [1.54, 1.807) is 13.8 Å². The summed E-state index contributed by atoms with van der Waals surface area (Å²) in [6.45, 7) is 6.31. The molecule has 0 spiro atoms. The maximum Gasteiger partial charge on any atom is 0.224 e. The van der Waals surface area contributed by atoms with Crippen molar-refractivity contribution in [2.24, 2.45) is 17.1 Å². The molecule has 0 radical (unpaired) electrons. The minimum atomic E-state index is -0.886. The number of primary amides is 1. The summed E-state index contributed by atoms with van der Waals surface area (Å²) < 4.78 is 0. The van der Waals surface area contributed by atoms with Gasteiger partial charge in [0, 0.05) is 6.54 Å². The van der Waals surface area contributed by atoms with Crippen LogP contribution in [0.1, 0.15) is 52.0 Å². The second kappa shape index (κ2) is 9.33. The van der Waals surface area contributed by atoms with E-state index >= 15 is 0 Å². The highest BCUT2D eigenvalue weighted by molar-refractivity contribution is 5.89. The molecule has 1 aromatic carbocycles. The van der Waals surface area contributed by atoms with Gasteiger partial charge in [0.1, 0.15) is 0 Å². The number of carbonyl (C=O) groups excluding carboxylic acids is 2. The molecule has 1 atom stereocenters. The fourth-order valence-corrected chi connectivity index (χ4v) is 2.58. The Morgan fingerprint density at radius 1 is 1.13 bits per heavy atom. The van der Waals surface area contributed by atoms with Crippen molar-refractivity contribution in [1.82, 2.24) is 5.32 Å². The fourth-order valence-electron chi connectivity index (χ4n) is 2.58. The van der Waals surface area contributed by atoms with Gasteiger partial charge in [0.15, 0.2) is 0 Å². The van der Waals surface area contributed by atoms with Crippen LogP contribution in [0.15, 0.2) is 30.3 Å². The van der Waals surface area contributed by atoms with Gasteiger partial charge in [-0.2, -0.15) is 0 Å². The van der Waals surface area contributed by atoms with E-state index < -0.39 is 17.2 Å². The third kappa shape index (κ3) is 6.05. The van der Waals surface area contributed by atoms with Gasteiger partial charge in [0.2, 0.25) is 11.8 Å². The number of hydrogen-bond donors (Lipinski definition) is 2. The fraction of sp³-hybridized carbons (Fsp3) is 0.579. The van der Waals surface area contributed by atoms with Crippen LogP contribution < -0.4 is 11.1 Å². The van der Waals surface area contributed by atoms with Crippen molar-refractivity contribution in [3.63, 3.8) is 0 Å². The number of carbonyl (C=O) groups is 2. The molecule has 3 N–H and O–H groups in total. The molecule has 0 saturated carbocycles. The molecule has 0 fully saturated rings. The summed E-state index contributed by atoms with van der Waals surface area (Å²) in [6, 6.07) is 9.75. The minimum absolute atomic E-state index is 0.0887. The summed E-state index contributed by atoms with van der Waals surface area (Å²) in [5.74, 6) is -0.998. The maximum absolute atomic E-state index is 12.6. The predicted octanol–water partition coefficient (Wildman–Crippen LogP) is 3.05. The molecule has 128 valence electrons. The van der Waals surface area contributed by atoms with Crippen molar-refractivity contribution in [3.05, 3.63) is 35.9 Å². The zero-order valence-corrected chi connectivity index (χ0v) is 14.6. The number of hydrogen-bond acceptors (Lipinski definition) is 2. The number of nitrogens with one attached hydrogen (secondary N) is 1. The monoisotopic (exact) mass is 318 g/mol. The Kier molecular flexibility index (Phi) is 7.79. The summed E-state index contributed by atoms with van der Waals surface area (Å²) in [7, 11) is 0. The summed E-state index contributed by atoms with van der Waals surface area (Å²) in [5, 5.41) is 2.98. The van der Waals surface area contributed by atoms with Crippen LogP contribution in [0.5, 0.6) is 0 Å². The van der Waals surface area contributed by atoms with Gasteiger partial charge in [0.05, 0.1) is 11.3 Å². The average molecular weight is 318 g/mol. The Hall–Kier alpha value is -1.84. The van der Waals surface area contributed by atoms with Gasteiger partial charge >= 0.3 is 0 Å². The molecule has 2 amide bonds. The number of rotatable bonds is 10. The van der Waals surface area contributed by atoms with E-state index in [9.17, 15) is 9.59 Å². The van der Waals surface area contributed by atoms with Gasteiger partial charge in [-0.15, -0.1) is 0 Å². The first-order valence-corrected chi connectivity index (χ1v) is 8.51. The Labute approximate surface area is 139 Å². The van der Waals surface area contributed by atoms with E-state index in [1.807, 2.05) is 30.3 Å². The van der Waals surface area contributed by atoms with Gasteiger partial charge in [-0.25, -0.2) is 0 Å². The van der Waals surface area contributed by atoms with Crippen LogP contribution in [0.3, 0.4) is 0 Å². The lowest BCUT2D eigenvalue weighted by Gasteiger charge is -2.30. The second-order valence-electron chi connectivity index (χ2n) is 6.68. The van der Waals surface area contributed by atoms with E-state index in [0.29, 0.717) is 13.0 Å².